The SMILES string of the molecule is NC(CCc1c(Br)cccc1Br)c1cccc(OC(F)(F)C(F)F)c1. The van der Waals surface area contributed by atoms with Gasteiger partial charge in [-0.2, -0.15) is 17.6 Å². The molecule has 2 rings (SSSR count). The number of ether oxygens (including phenoxy) is 1. The van der Waals surface area contributed by atoms with Gasteiger partial charge in [-0.25, -0.2) is 0 Å². The molecule has 1 atom stereocenters. The molecule has 136 valence electrons. The fraction of sp³-hybridized carbons (Fsp3) is 0.294. The molecule has 0 radical (unpaired) electrons. The zero-order valence-corrected chi connectivity index (χ0v) is 16.0. The zero-order chi connectivity index (χ0) is 18.6. The molecule has 0 aromatic heterocycles. The molecule has 0 spiro atoms. The van der Waals surface area contributed by atoms with Crippen LogP contribution in [-0.2, 0) is 6.42 Å². The first-order chi connectivity index (χ1) is 11.7. The lowest BCUT2D eigenvalue weighted by atomic mass is 9.99. The lowest BCUT2D eigenvalue weighted by Crippen LogP contribution is -2.33. The number of halogens is 6. The number of nitrogens with two attached hydrogens (primary N) is 1. The third kappa shape index (κ3) is 5.43. The minimum atomic E-state index is -4.54. The second-order valence-electron chi connectivity index (χ2n) is 5.38. The summed E-state index contributed by atoms with van der Waals surface area (Å²) in [4.78, 5) is 0. The molecule has 2 aromatic carbocycles. The van der Waals surface area contributed by atoms with Gasteiger partial charge in [0.1, 0.15) is 5.75 Å². The predicted octanol–water partition coefficient (Wildman–Crippen LogP) is 6.08. The van der Waals surface area contributed by atoms with Crippen molar-refractivity contribution in [2.24, 2.45) is 5.73 Å². The standard InChI is InChI=1S/C17H15Br2F4NO/c18-13-5-2-6-14(19)12(13)7-8-15(24)10-3-1-4-11(9-10)25-17(22,23)16(20)21/h1-6,9,15-16H,7-8,24H2. The van der Waals surface area contributed by atoms with Crippen LogP contribution in [0.25, 0.3) is 0 Å². The molecule has 8 heteroatoms. The average Bonchev–Trinajstić information content (AvgIpc) is 2.54. The molecule has 1 unspecified atom stereocenters. The molecule has 2 nitrogen and oxygen atoms in total. The summed E-state index contributed by atoms with van der Waals surface area (Å²) in [5.74, 6) is -0.347. The van der Waals surface area contributed by atoms with Crippen LogP contribution >= 0.6 is 31.9 Å². The summed E-state index contributed by atoms with van der Waals surface area (Å²) in [6, 6.07) is 10.8. The van der Waals surface area contributed by atoms with Gasteiger partial charge in [-0.05, 0) is 48.2 Å². The van der Waals surface area contributed by atoms with Gasteiger partial charge < -0.3 is 10.5 Å². The summed E-state index contributed by atoms with van der Waals surface area (Å²) < 4.78 is 56.5. The van der Waals surface area contributed by atoms with Crippen molar-refractivity contribution >= 4 is 31.9 Å². The molecule has 25 heavy (non-hydrogen) atoms. The van der Waals surface area contributed by atoms with Gasteiger partial charge in [-0.1, -0.05) is 50.1 Å². The Hall–Kier alpha value is -1.12. The Labute approximate surface area is 159 Å². The molecule has 0 heterocycles. The molecule has 0 saturated heterocycles. The van der Waals surface area contributed by atoms with Crippen LogP contribution in [0.5, 0.6) is 5.75 Å². The number of hydrogen-bond donors (Lipinski definition) is 1. The summed E-state index contributed by atoms with van der Waals surface area (Å²) in [7, 11) is 0. The summed E-state index contributed by atoms with van der Waals surface area (Å²) >= 11 is 6.93. The summed E-state index contributed by atoms with van der Waals surface area (Å²) in [6.07, 6.45) is -7.27. The molecule has 0 amide bonds. The van der Waals surface area contributed by atoms with Gasteiger partial charge in [0.2, 0.25) is 0 Å². The highest BCUT2D eigenvalue weighted by Gasteiger charge is 2.44. The van der Waals surface area contributed by atoms with Crippen molar-refractivity contribution < 1.29 is 22.3 Å². The molecule has 2 N–H and O–H groups in total. The molecule has 0 fully saturated rings. The first-order valence-electron chi connectivity index (χ1n) is 7.34. The largest absolute Gasteiger partial charge is 0.461 e. The Kier molecular flexibility index (Phi) is 6.87. The average molecular weight is 485 g/mol. The fourth-order valence-electron chi connectivity index (χ4n) is 2.25. The van der Waals surface area contributed by atoms with E-state index in [4.69, 9.17) is 5.73 Å². The topological polar surface area (TPSA) is 35.2 Å². The first-order valence-corrected chi connectivity index (χ1v) is 8.92. The van der Waals surface area contributed by atoms with Crippen molar-refractivity contribution in [3.63, 3.8) is 0 Å². The zero-order valence-electron chi connectivity index (χ0n) is 12.9. The van der Waals surface area contributed by atoms with Crippen molar-refractivity contribution in [3.05, 3.63) is 62.5 Å². The van der Waals surface area contributed by atoms with E-state index in [1.807, 2.05) is 18.2 Å². The Morgan fingerprint density at radius 1 is 1.04 bits per heavy atom. The molecule has 0 bridgehead atoms. The van der Waals surface area contributed by atoms with Crippen molar-refractivity contribution in [1.29, 1.82) is 0 Å². The lowest BCUT2D eigenvalue weighted by Gasteiger charge is -2.19. The van der Waals surface area contributed by atoms with Crippen molar-refractivity contribution in [1.82, 2.24) is 0 Å². The van der Waals surface area contributed by atoms with Gasteiger partial charge >= 0.3 is 12.5 Å². The fourth-order valence-corrected chi connectivity index (χ4v) is 3.64. The number of rotatable bonds is 7. The van der Waals surface area contributed by atoms with Crippen LogP contribution in [0.15, 0.2) is 51.4 Å². The van der Waals surface area contributed by atoms with E-state index in [0.717, 1.165) is 14.5 Å². The Bertz CT molecular complexity index is 707. The smallest absolute Gasteiger partial charge is 0.428 e. The highest BCUT2D eigenvalue weighted by molar-refractivity contribution is 9.11. The van der Waals surface area contributed by atoms with Gasteiger partial charge in [0.05, 0.1) is 0 Å². The van der Waals surface area contributed by atoms with Crippen LogP contribution in [-0.4, -0.2) is 12.5 Å². The van der Waals surface area contributed by atoms with E-state index in [-0.39, 0.29) is 5.75 Å². The molecule has 2 aromatic rings. The number of alkyl halides is 4. The van der Waals surface area contributed by atoms with E-state index < -0.39 is 18.6 Å². The van der Waals surface area contributed by atoms with Crippen LogP contribution in [0.2, 0.25) is 0 Å². The summed E-state index contributed by atoms with van der Waals surface area (Å²) in [6.45, 7) is 0. The molecular formula is C17H15Br2F4NO. The number of benzene rings is 2. The molecule has 0 aliphatic heterocycles. The van der Waals surface area contributed by atoms with E-state index >= 15 is 0 Å². The van der Waals surface area contributed by atoms with Gasteiger partial charge in [0.25, 0.3) is 0 Å². The van der Waals surface area contributed by atoms with E-state index in [1.54, 1.807) is 6.07 Å². The Morgan fingerprint density at radius 2 is 1.64 bits per heavy atom. The van der Waals surface area contributed by atoms with E-state index in [2.05, 4.69) is 36.6 Å². The maximum Gasteiger partial charge on any atom is 0.461 e. The maximum absolute atomic E-state index is 13.0. The molecular weight excluding hydrogens is 470 g/mol. The normalized spacial score (nSPS) is 13.1. The first kappa shape index (κ1) is 20.2. The second kappa shape index (κ2) is 8.51. The summed E-state index contributed by atoms with van der Waals surface area (Å²) in [5, 5.41) is 0. The predicted molar refractivity (Wildman–Crippen MR) is 95.1 cm³/mol. The van der Waals surface area contributed by atoms with Gasteiger partial charge in [-0.3, -0.25) is 0 Å². The maximum atomic E-state index is 13.0. The Morgan fingerprint density at radius 3 is 2.24 bits per heavy atom. The van der Waals surface area contributed by atoms with Crippen molar-refractivity contribution in [2.75, 3.05) is 0 Å². The third-order valence-electron chi connectivity index (χ3n) is 3.56. The van der Waals surface area contributed by atoms with E-state index in [0.29, 0.717) is 18.4 Å². The van der Waals surface area contributed by atoms with Gasteiger partial charge in [0.15, 0.2) is 0 Å². The van der Waals surface area contributed by atoms with E-state index in [1.165, 1.54) is 18.2 Å². The van der Waals surface area contributed by atoms with Crippen LogP contribution < -0.4 is 10.5 Å². The molecule has 0 saturated carbocycles. The molecule has 0 aliphatic carbocycles. The Balaban J connectivity index is 2.07. The van der Waals surface area contributed by atoms with Crippen LogP contribution in [0, 0.1) is 0 Å². The monoisotopic (exact) mass is 483 g/mol. The quantitative estimate of drug-likeness (QED) is 0.483. The summed E-state index contributed by atoms with van der Waals surface area (Å²) in [5.41, 5.74) is 7.68. The van der Waals surface area contributed by atoms with Crippen LogP contribution in [0.4, 0.5) is 17.6 Å². The highest BCUT2D eigenvalue weighted by Crippen LogP contribution is 2.31. The number of hydrogen-bond acceptors (Lipinski definition) is 2. The third-order valence-corrected chi connectivity index (χ3v) is 5.05. The van der Waals surface area contributed by atoms with Crippen molar-refractivity contribution in [2.45, 2.75) is 31.4 Å². The minimum Gasteiger partial charge on any atom is -0.428 e. The second-order valence-corrected chi connectivity index (χ2v) is 7.09. The van der Waals surface area contributed by atoms with Crippen LogP contribution in [0.1, 0.15) is 23.6 Å². The minimum absolute atomic E-state index is 0.347. The highest BCUT2D eigenvalue weighted by atomic mass is 79.9. The van der Waals surface area contributed by atoms with E-state index in [9.17, 15) is 17.6 Å². The van der Waals surface area contributed by atoms with Gasteiger partial charge in [0, 0.05) is 15.0 Å². The van der Waals surface area contributed by atoms with Crippen LogP contribution in [0.3, 0.4) is 0 Å². The lowest BCUT2D eigenvalue weighted by molar-refractivity contribution is -0.253. The molecule has 0 aliphatic rings. The van der Waals surface area contributed by atoms with Gasteiger partial charge in [-0.15, -0.1) is 0 Å². The van der Waals surface area contributed by atoms with Crippen molar-refractivity contribution in [3.8, 4) is 5.75 Å².